The van der Waals surface area contributed by atoms with E-state index in [1.807, 2.05) is 13.8 Å². The lowest BCUT2D eigenvalue weighted by atomic mass is 10.1. The van der Waals surface area contributed by atoms with Gasteiger partial charge in [0.25, 0.3) is 9.05 Å². The molecule has 0 radical (unpaired) electrons. The number of aryl methyl sites for hydroxylation is 1. The molecular formula is C13H16BrClO4S. The number of halogens is 2. The fourth-order valence-corrected chi connectivity index (χ4v) is 3.66. The predicted octanol–water partition coefficient (Wildman–Crippen LogP) is 3.89. The molecule has 112 valence electrons. The number of hydrogen-bond acceptors (Lipinski definition) is 4. The summed E-state index contributed by atoms with van der Waals surface area (Å²) < 4.78 is 28.4. The molecule has 0 unspecified atom stereocenters. The van der Waals surface area contributed by atoms with Crippen molar-refractivity contribution >= 4 is 41.6 Å². The molecule has 0 aliphatic carbocycles. The molecule has 0 saturated heterocycles. The van der Waals surface area contributed by atoms with Crippen LogP contribution in [0, 0.1) is 12.8 Å². The molecule has 1 aromatic rings. The minimum absolute atomic E-state index is 0.130. The van der Waals surface area contributed by atoms with E-state index in [1.54, 1.807) is 13.0 Å². The van der Waals surface area contributed by atoms with Crippen LogP contribution in [0.3, 0.4) is 0 Å². The van der Waals surface area contributed by atoms with Gasteiger partial charge in [-0.15, -0.1) is 0 Å². The summed E-state index contributed by atoms with van der Waals surface area (Å²) in [6.07, 6.45) is 0.752. The minimum atomic E-state index is -3.93. The molecular weight excluding hydrogens is 368 g/mol. The lowest BCUT2D eigenvalue weighted by Crippen LogP contribution is -2.09. The number of rotatable bonds is 5. The Hall–Kier alpha value is -0.590. The summed E-state index contributed by atoms with van der Waals surface area (Å²) in [6.45, 7) is 6.03. The van der Waals surface area contributed by atoms with Crippen LogP contribution in [-0.4, -0.2) is 21.0 Å². The lowest BCUT2D eigenvalue weighted by Gasteiger charge is -2.10. The summed E-state index contributed by atoms with van der Waals surface area (Å²) in [5.74, 6) is -0.129. The standard InChI is InChI=1S/C13H16BrClO4S/c1-8(2)4-5-19-13(16)10-6-9(3)12(14)11(7-10)20(15,17)18/h6-8H,4-5H2,1-3H3. The van der Waals surface area contributed by atoms with E-state index >= 15 is 0 Å². The van der Waals surface area contributed by atoms with E-state index in [2.05, 4.69) is 15.9 Å². The van der Waals surface area contributed by atoms with Crippen molar-refractivity contribution in [2.45, 2.75) is 32.1 Å². The second kappa shape index (κ2) is 6.91. The highest BCUT2D eigenvalue weighted by Crippen LogP contribution is 2.29. The minimum Gasteiger partial charge on any atom is -0.462 e. The number of ether oxygens (including phenoxy) is 1. The Morgan fingerprint density at radius 2 is 2.00 bits per heavy atom. The highest BCUT2D eigenvalue weighted by Gasteiger charge is 2.20. The highest BCUT2D eigenvalue weighted by molar-refractivity contribution is 9.10. The third kappa shape index (κ3) is 4.75. The first kappa shape index (κ1) is 17.5. The van der Waals surface area contributed by atoms with Crippen LogP contribution in [0.1, 0.15) is 36.2 Å². The fourth-order valence-electron chi connectivity index (χ4n) is 1.50. The van der Waals surface area contributed by atoms with Gasteiger partial charge in [0.15, 0.2) is 0 Å². The Morgan fingerprint density at radius 3 is 2.50 bits per heavy atom. The smallest absolute Gasteiger partial charge is 0.338 e. The number of esters is 1. The molecule has 0 fully saturated rings. The van der Waals surface area contributed by atoms with Crippen molar-refractivity contribution in [1.29, 1.82) is 0 Å². The van der Waals surface area contributed by atoms with Crippen LogP contribution in [0.15, 0.2) is 21.5 Å². The average Bonchev–Trinajstić information content (AvgIpc) is 2.30. The van der Waals surface area contributed by atoms with Crippen LogP contribution in [0.2, 0.25) is 0 Å². The van der Waals surface area contributed by atoms with Gasteiger partial charge in [0, 0.05) is 15.2 Å². The summed E-state index contributed by atoms with van der Waals surface area (Å²) in [4.78, 5) is 11.8. The first-order valence-electron chi connectivity index (χ1n) is 6.05. The molecule has 4 nitrogen and oxygen atoms in total. The van der Waals surface area contributed by atoms with Gasteiger partial charge in [0.1, 0.15) is 0 Å². The van der Waals surface area contributed by atoms with Crippen LogP contribution >= 0.6 is 26.6 Å². The summed E-state index contributed by atoms with van der Waals surface area (Å²) in [5.41, 5.74) is 0.774. The summed E-state index contributed by atoms with van der Waals surface area (Å²) in [7, 11) is 1.42. The van der Waals surface area contributed by atoms with Crippen LogP contribution in [0.5, 0.6) is 0 Å². The molecule has 0 amide bonds. The first-order chi connectivity index (χ1) is 9.12. The average molecular weight is 384 g/mol. The molecule has 0 saturated carbocycles. The van der Waals surface area contributed by atoms with E-state index in [0.717, 1.165) is 6.42 Å². The Labute approximate surface area is 132 Å². The second-order valence-corrected chi connectivity index (χ2v) is 8.19. The van der Waals surface area contributed by atoms with Crippen molar-refractivity contribution in [3.05, 3.63) is 27.7 Å². The van der Waals surface area contributed by atoms with Gasteiger partial charge in [-0.25, -0.2) is 13.2 Å². The third-order valence-electron chi connectivity index (χ3n) is 2.65. The van der Waals surface area contributed by atoms with Crippen molar-refractivity contribution in [2.24, 2.45) is 5.92 Å². The molecule has 0 bridgehead atoms. The SMILES string of the molecule is Cc1cc(C(=O)OCCC(C)C)cc(S(=O)(=O)Cl)c1Br. The molecule has 7 heteroatoms. The Morgan fingerprint density at radius 1 is 1.40 bits per heavy atom. The van der Waals surface area contributed by atoms with Gasteiger partial charge in [-0.3, -0.25) is 0 Å². The zero-order chi connectivity index (χ0) is 15.5. The predicted molar refractivity (Wildman–Crippen MR) is 81.7 cm³/mol. The maximum atomic E-state index is 11.9. The van der Waals surface area contributed by atoms with Crippen molar-refractivity contribution in [3.63, 3.8) is 0 Å². The molecule has 20 heavy (non-hydrogen) atoms. The number of benzene rings is 1. The maximum Gasteiger partial charge on any atom is 0.338 e. The summed E-state index contributed by atoms with van der Waals surface area (Å²) >= 11 is 3.16. The van der Waals surface area contributed by atoms with Crippen LogP contribution in [0.4, 0.5) is 0 Å². The van der Waals surface area contributed by atoms with E-state index in [-0.39, 0.29) is 10.5 Å². The molecule has 0 aromatic heterocycles. The van der Waals surface area contributed by atoms with Gasteiger partial charge in [-0.1, -0.05) is 13.8 Å². The molecule has 0 spiro atoms. The summed E-state index contributed by atoms with van der Waals surface area (Å²) in [6, 6.07) is 2.78. The maximum absolute atomic E-state index is 11.9. The van der Waals surface area contributed by atoms with Gasteiger partial charge in [-0.05, 0) is 52.9 Å². The molecule has 1 aromatic carbocycles. The monoisotopic (exact) mass is 382 g/mol. The van der Waals surface area contributed by atoms with Crippen molar-refractivity contribution < 1.29 is 17.9 Å². The van der Waals surface area contributed by atoms with Gasteiger partial charge >= 0.3 is 5.97 Å². The fraction of sp³-hybridized carbons (Fsp3) is 0.462. The van der Waals surface area contributed by atoms with Gasteiger partial charge < -0.3 is 4.74 Å². The van der Waals surface area contributed by atoms with Gasteiger partial charge in [0.05, 0.1) is 17.1 Å². The lowest BCUT2D eigenvalue weighted by molar-refractivity contribution is 0.0487. The zero-order valence-corrected chi connectivity index (χ0v) is 14.6. The molecule has 0 heterocycles. The highest BCUT2D eigenvalue weighted by atomic mass is 79.9. The second-order valence-electron chi connectivity index (χ2n) is 4.86. The van der Waals surface area contributed by atoms with Crippen LogP contribution in [-0.2, 0) is 13.8 Å². The Kier molecular flexibility index (Phi) is 6.04. The van der Waals surface area contributed by atoms with Crippen molar-refractivity contribution in [1.82, 2.24) is 0 Å². The molecule has 0 aliphatic rings. The van der Waals surface area contributed by atoms with E-state index in [4.69, 9.17) is 15.4 Å². The normalized spacial score (nSPS) is 11.7. The molecule has 0 atom stereocenters. The summed E-state index contributed by atoms with van der Waals surface area (Å²) in [5, 5.41) is 0. The Bertz CT molecular complexity index is 611. The largest absolute Gasteiger partial charge is 0.462 e. The van der Waals surface area contributed by atoms with E-state index in [9.17, 15) is 13.2 Å². The molecule has 0 N–H and O–H groups in total. The zero-order valence-electron chi connectivity index (χ0n) is 11.4. The van der Waals surface area contributed by atoms with E-state index in [0.29, 0.717) is 22.6 Å². The van der Waals surface area contributed by atoms with Crippen LogP contribution in [0.25, 0.3) is 0 Å². The third-order valence-corrected chi connectivity index (χ3v) is 5.31. The quantitative estimate of drug-likeness (QED) is 0.572. The topological polar surface area (TPSA) is 60.4 Å². The van der Waals surface area contributed by atoms with Gasteiger partial charge in [-0.2, -0.15) is 0 Å². The van der Waals surface area contributed by atoms with E-state index in [1.165, 1.54) is 6.07 Å². The van der Waals surface area contributed by atoms with Crippen LogP contribution < -0.4 is 0 Å². The van der Waals surface area contributed by atoms with Gasteiger partial charge in [0.2, 0.25) is 0 Å². The number of carbonyl (C=O) groups is 1. The number of hydrogen-bond donors (Lipinski definition) is 0. The first-order valence-corrected chi connectivity index (χ1v) is 9.15. The van der Waals surface area contributed by atoms with Crippen molar-refractivity contribution in [2.75, 3.05) is 6.61 Å². The van der Waals surface area contributed by atoms with E-state index < -0.39 is 15.0 Å². The number of carbonyl (C=O) groups excluding carboxylic acids is 1. The van der Waals surface area contributed by atoms with Crippen molar-refractivity contribution in [3.8, 4) is 0 Å². The molecule has 0 aliphatic heterocycles. The Balaban J connectivity index is 3.03. The molecule has 1 rings (SSSR count).